The van der Waals surface area contributed by atoms with Crippen molar-refractivity contribution in [3.63, 3.8) is 0 Å². The van der Waals surface area contributed by atoms with Crippen LogP contribution in [0.3, 0.4) is 0 Å². The van der Waals surface area contributed by atoms with Crippen LogP contribution in [0.15, 0.2) is 18.6 Å². The summed E-state index contributed by atoms with van der Waals surface area (Å²) in [4.78, 5) is 12.7. The van der Waals surface area contributed by atoms with E-state index in [4.69, 9.17) is 0 Å². The van der Waals surface area contributed by atoms with Gasteiger partial charge < -0.3 is 5.32 Å². The average Bonchev–Trinajstić information content (AvgIpc) is 3.22. The molecule has 142 valence electrons. The van der Waals surface area contributed by atoms with E-state index in [9.17, 15) is 13.2 Å². The zero-order valence-electron chi connectivity index (χ0n) is 15.3. The normalized spacial score (nSPS) is 22.3. The highest BCUT2D eigenvalue weighted by Gasteiger charge is 2.31. The van der Waals surface area contributed by atoms with Crippen LogP contribution in [0.2, 0.25) is 0 Å². The molecule has 0 radical (unpaired) electrons. The fraction of sp³-hybridized carbons (Fsp3) is 0.588. The van der Waals surface area contributed by atoms with E-state index in [2.05, 4.69) is 15.5 Å². The first kappa shape index (κ1) is 18.6. The van der Waals surface area contributed by atoms with Crippen molar-refractivity contribution < 1.29 is 13.2 Å². The molecule has 0 spiro atoms. The van der Waals surface area contributed by atoms with E-state index in [1.807, 2.05) is 13.1 Å². The van der Waals surface area contributed by atoms with Crippen molar-refractivity contribution in [2.75, 3.05) is 12.3 Å². The Bertz CT molecular complexity index is 899. The summed E-state index contributed by atoms with van der Waals surface area (Å²) in [7, 11) is -1.18. The second-order valence-corrected chi connectivity index (χ2v) is 9.47. The first-order valence-electron chi connectivity index (χ1n) is 8.86. The van der Waals surface area contributed by atoms with E-state index < -0.39 is 9.84 Å². The molecular weight excluding hydrogens is 354 g/mol. The Morgan fingerprint density at radius 3 is 2.81 bits per heavy atom. The van der Waals surface area contributed by atoms with Gasteiger partial charge in [0.05, 0.1) is 22.8 Å². The number of hydrogen-bond acceptors (Lipinski definition) is 5. The van der Waals surface area contributed by atoms with Gasteiger partial charge in [-0.15, -0.1) is 0 Å². The minimum atomic E-state index is -2.96. The third-order valence-corrected chi connectivity index (χ3v) is 7.17. The number of sulfone groups is 1. The molecule has 3 rings (SSSR count). The number of hydrogen-bond donors (Lipinski definition) is 1. The summed E-state index contributed by atoms with van der Waals surface area (Å²) in [5.74, 6) is 0.183. The van der Waals surface area contributed by atoms with Crippen LogP contribution in [0.1, 0.15) is 37.0 Å². The summed E-state index contributed by atoms with van der Waals surface area (Å²) in [6.45, 7) is 4.96. The molecule has 1 saturated heterocycles. The van der Waals surface area contributed by atoms with Crippen LogP contribution < -0.4 is 5.32 Å². The van der Waals surface area contributed by atoms with E-state index in [0.29, 0.717) is 30.6 Å². The summed E-state index contributed by atoms with van der Waals surface area (Å²) in [6.07, 6.45) is 6.45. The molecule has 1 fully saturated rings. The van der Waals surface area contributed by atoms with Crippen molar-refractivity contribution in [3.8, 4) is 11.3 Å². The van der Waals surface area contributed by atoms with E-state index >= 15 is 0 Å². The van der Waals surface area contributed by atoms with Crippen molar-refractivity contribution in [2.24, 2.45) is 13.0 Å². The predicted molar refractivity (Wildman–Crippen MR) is 98.4 cm³/mol. The van der Waals surface area contributed by atoms with Crippen LogP contribution in [0.25, 0.3) is 11.3 Å². The van der Waals surface area contributed by atoms with Gasteiger partial charge in [-0.25, -0.2) is 8.42 Å². The molecule has 0 aromatic carbocycles. The fourth-order valence-electron chi connectivity index (χ4n) is 3.31. The third kappa shape index (κ3) is 3.82. The predicted octanol–water partition coefficient (Wildman–Crippen LogP) is 1.25. The maximum atomic E-state index is 12.7. The number of nitrogens with zero attached hydrogens (tertiary/aromatic N) is 4. The Morgan fingerprint density at radius 2 is 2.15 bits per heavy atom. The first-order chi connectivity index (χ1) is 12.3. The Kier molecular flexibility index (Phi) is 5.17. The summed E-state index contributed by atoms with van der Waals surface area (Å²) in [5, 5.41) is 11.2. The fourth-order valence-corrected chi connectivity index (χ4v) is 4.94. The number of aromatic nitrogens is 4. The number of carbonyl (C=O) groups excluding carboxylic acids is 1. The van der Waals surface area contributed by atoms with Gasteiger partial charge in [-0.1, -0.05) is 0 Å². The molecule has 2 atom stereocenters. The van der Waals surface area contributed by atoms with Crippen LogP contribution in [-0.2, 0) is 23.4 Å². The zero-order chi connectivity index (χ0) is 18.9. The lowest BCUT2D eigenvalue weighted by molar-refractivity contribution is 0.0946. The lowest BCUT2D eigenvalue weighted by Crippen LogP contribution is -2.37. The number of nitrogens with one attached hydrogen (secondary N) is 1. The van der Waals surface area contributed by atoms with Crippen molar-refractivity contribution in [2.45, 2.75) is 38.5 Å². The van der Waals surface area contributed by atoms with Gasteiger partial charge in [-0.2, -0.15) is 10.2 Å². The smallest absolute Gasteiger partial charge is 0.255 e. The van der Waals surface area contributed by atoms with Gasteiger partial charge in [0.25, 0.3) is 5.91 Å². The molecule has 1 N–H and O–H groups in total. The lowest BCUT2D eigenvalue weighted by atomic mass is 9.99. The molecule has 0 saturated carbocycles. The van der Waals surface area contributed by atoms with Gasteiger partial charge in [0.15, 0.2) is 9.84 Å². The molecule has 0 bridgehead atoms. The molecule has 2 aromatic rings. The molecule has 9 heteroatoms. The van der Waals surface area contributed by atoms with Crippen molar-refractivity contribution >= 4 is 15.7 Å². The molecule has 1 amide bonds. The largest absolute Gasteiger partial charge is 0.352 e. The Hall–Kier alpha value is -2.16. The third-order valence-electron chi connectivity index (χ3n) is 4.94. The number of rotatable bonds is 5. The molecule has 2 aromatic heterocycles. The Balaban J connectivity index is 1.69. The number of amides is 1. The van der Waals surface area contributed by atoms with Crippen LogP contribution in [0, 0.1) is 5.92 Å². The maximum absolute atomic E-state index is 12.7. The monoisotopic (exact) mass is 379 g/mol. The minimum absolute atomic E-state index is 0.181. The van der Waals surface area contributed by atoms with Crippen LogP contribution in [-0.4, -0.2) is 51.4 Å². The van der Waals surface area contributed by atoms with Crippen LogP contribution in [0.4, 0.5) is 0 Å². The Labute approximate surface area is 153 Å². The van der Waals surface area contributed by atoms with Crippen LogP contribution in [0.5, 0.6) is 0 Å². The first-order valence-corrected chi connectivity index (χ1v) is 10.6. The van der Waals surface area contributed by atoms with Crippen LogP contribution >= 0.6 is 0 Å². The molecule has 1 aliphatic rings. The summed E-state index contributed by atoms with van der Waals surface area (Å²) < 4.78 is 27.0. The zero-order valence-corrected chi connectivity index (χ0v) is 16.2. The van der Waals surface area contributed by atoms with Crippen molar-refractivity contribution in [1.29, 1.82) is 0 Å². The molecular formula is C17H25N5O3S. The average molecular weight is 379 g/mol. The quantitative estimate of drug-likeness (QED) is 0.843. The molecule has 8 nitrogen and oxygen atoms in total. The number of aryl methyl sites for hydroxylation is 2. The van der Waals surface area contributed by atoms with E-state index in [0.717, 1.165) is 12.1 Å². The molecule has 0 aliphatic carbocycles. The second kappa shape index (κ2) is 7.22. The van der Waals surface area contributed by atoms with Gasteiger partial charge in [0.2, 0.25) is 0 Å². The lowest BCUT2D eigenvalue weighted by Gasteiger charge is -2.26. The highest BCUT2D eigenvalue weighted by molar-refractivity contribution is 7.92. The minimum Gasteiger partial charge on any atom is -0.352 e. The maximum Gasteiger partial charge on any atom is 0.255 e. The SMILES string of the molecule is CCn1cc(-c2nn(C)cc2C(=O)NCC2CCS(=O)(=O)C(C)C2)cn1. The molecule has 1 aliphatic heterocycles. The van der Waals surface area contributed by atoms with E-state index in [-0.39, 0.29) is 22.8 Å². The number of carbonyl (C=O) groups is 1. The van der Waals surface area contributed by atoms with E-state index in [1.54, 1.807) is 35.7 Å². The molecule has 26 heavy (non-hydrogen) atoms. The standard InChI is InChI=1S/C17H25N5O3S/c1-4-22-10-14(9-19-22)16-15(11-21(3)20-16)17(23)18-8-13-5-6-26(24,25)12(2)7-13/h9-13H,4-8H2,1-3H3,(H,18,23). The topological polar surface area (TPSA) is 98.9 Å². The van der Waals surface area contributed by atoms with E-state index in [1.165, 1.54) is 0 Å². The van der Waals surface area contributed by atoms with Gasteiger partial charge in [-0.3, -0.25) is 14.2 Å². The van der Waals surface area contributed by atoms with Crippen molar-refractivity contribution in [1.82, 2.24) is 24.9 Å². The summed E-state index contributed by atoms with van der Waals surface area (Å²) >= 11 is 0. The summed E-state index contributed by atoms with van der Waals surface area (Å²) in [6, 6.07) is 0. The molecule has 2 unspecified atom stereocenters. The van der Waals surface area contributed by atoms with Gasteiger partial charge in [-0.05, 0) is 32.6 Å². The Morgan fingerprint density at radius 1 is 1.38 bits per heavy atom. The van der Waals surface area contributed by atoms with Gasteiger partial charge in [0, 0.05) is 38.1 Å². The van der Waals surface area contributed by atoms with Gasteiger partial charge in [0.1, 0.15) is 5.69 Å². The summed E-state index contributed by atoms with van der Waals surface area (Å²) in [5.41, 5.74) is 1.90. The second-order valence-electron chi connectivity index (χ2n) is 6.93. The van der Waals surface area contributed by atoms with Crippen molar-refractivity contribution in [3.05, 3.63) is 24.2 Å². The highest BCUT2D eigenvalue weighted by Crippen LogP contribution is 2.25. The highest BCUT2D eigenvalue weighted by atomic mass is 32.2. The molecule has 3 heterocycles. The van der Waals surface area contributed by atoms with Gasteiger partial charge >= 0.3 is 0 Å².